The molecule has 1 atom stereocenters. The molecule has 0 amide bonds. The van der Waals surface area contributed by atoms with Crippen LogP contribution in [0.2, 0.25) is 0 Å². The van der Waals surface area contributed by atoms with Gasteiger partial charge in [-0.2, -0.15) is 0 Å². The Kier molecular flexibility index (Phi) is 6.96. The summed E-state index contributed by atoms with van der Waals surface area (Å²) in [5.41, 5.74) is 0.337. The van der Waals surface area contributed by atoms with E-state index in [1.165, 1.54) is 19.3 Å². The summed E-state index contributed by atoms with van der Waals surface area (Å²) in [6.07, 6.45) is 7.26. The van der Waals surface area contributed by atoms with Crippen molar-refractivity contribution in [1.29, 1.82) is 0 Å². The van der Waals surface area contributed by atoms with Gasteiger partial charge in [0.15, 0.2) is 0 Å². The molecule has 1 aliphatic carbocycles. The Hall–Kier alpha value is -0.120. The minimum atomic E-state index is -0.406. The molecule has 0 heterocycles. The molecule has 0 aliphatic heterocycles. The molecule has 3 nitrogen and oxygen atoms in total. The number of aliphatic hydroxyl groups is 1. The maximum atomic E-state index is 10.1. The maximum Gasteiger partial charge on any atom is 0.0898 e. The van der Waals surface area contributed by atoms with E-state index in [2.05, 4.69) is 39.9 Å². The predicted molar refractivity (Wildman–Crippen MR) is 85.0 cm³/mol. The first-order valence-corrected chi connectivity index (χ1v) is 8.23. The minimum Gasteiger partial charge on any atom is -0.389 e. The van der Waals surface area contributed by atoms with Gasteiger partial charge in [0.1, 0.15) is 0 Å². The summed E-state index contributed by atoms with van der Waals surface area (Å²) in [6.45, 7) is 12.2. The highest BCUT2D eigenvalue weighted by Gasteiger charge is 2.25. The summed E-state index contributed by atoms with van der Waals surface area (Å²) in [5.74, 6) is 0. The molecule has 120 valence electrons. The second kappa shape index (κ2) is 7.77. The van der Waals surface area contributed by atoms with E-state index in [9.17, 15) is 5.11 Å². The van der Waals surface area contributed by atoms with Crippen molar-refractivity contribution in [2.75, 3.05) is 13.2 Å². The Bertz CT molecular complexity index is 265. The zero-order valence-electron chi connectivity index (χ0n) is 14.2. The molecule has 3 heteroatoms. The highest BCUT2D eigenvalue weighted by atomic mass is 16.5. The SMILES string of the molecule is CC(C)(C)CC(C)(C)NCC(O)COC1CCCCC1. The Balaban J connectivity index is 2.19. The Morgan fingerprint density at radius 2 is 1.70 bits per heavy atom. The second-order valence-electron chi connectivity index (χ2n) is 8.25. The van der Waals surface area contributed by atoms with E-state index in [-0.39, 0.29) is 5.54 Å². The van der Waals surface area contributed by atoms with Gasteiger partial charge in [0, 0.05) is 12.1 Å². The molecule has 0 spiro atoms. The minimum absolute atomic E-state index is 0.0457. The number of aliphatic hydroxyl groups excluding tert-OH is 1. The van der Waals surface area contributed by atoms with Gasteiger partial charge in [-0.1, -0.05) is 40.0 Å². The summed E-state index contributed by atoms with van der Waals surface area (Å²) in [5, 5.41) is 13.5. The van der Waals surface area contributed by atoms with Crippen molar-refractivity contribution in [3.8, 4) is 0 Å². The van der Waals surface area contributed by atoms with Crippen LogP contribution in [0.1, 0.15) is 73.1 Å². The molecule has 0 aromatic heterocycles. The van der Waals surface area contributed by atoms with Gasteiger partial charge in [0.05, 0.1) is 18.8 Å². The van der Waals surface area contributed by atoms with Crippen molar-refractivity contribution in [1.82, 2.24) is 5.32 Å². The van der Waals surface area contributed by atoms with Crippen LogP contribution in [0.3, 0.4) is 0 Å². The molecule has 2 N–H and O–H groups in total. The topological polar surface area (TPSA) is 41.5 Å². The standard InChI is InChI=1S/C17H35NO2/c1-16(2,3)13-17(4,5)18-11-14(19)12-20-15-9-7-6-8-10-15/h14-15,18-19H,6-13H2,1-5H3. The lowest BCUT2D eigenvalue weighted by Crippen LogP contribution is -2.46. The first-order chi connectivity index (χ1) is 9.18. The van der Waals surface area contributed by atoms with Crippen LogP contribution in [-0.4, -0.2) is 36.0 Å². The molecular weight excluding hydrogens is 250 g/mol. The fraction of sp³-hybridized carbons (Fsp3) is 1.00. The van der Waals surface area contributed by atoms with E-state index in [0.29, 0.717) is 24.7 Å². The molecule has 1 fully saturated rings. The van der Waals surface area contributed by atoms with Crippen LogP contribution < -0.4 is 5.32 Å². The van der Waals surface area contributed by atoms with Crippen LogP contribution >= 0.6 is 0 Å². The molecular formula is C17H35NO2. The fourth-order valence-electron chi connectivity index (χ4n) is 3.32. The first-order valence-electron chi connectivity index (χ1n) is 8.23. The zero-order chi connectivity index (χ0) is 15.2. The number of ether oxygens (including phenoxy) is 1. The molecule has 1 saturated carbocycles. The molecule has 0 bridgehead atoms. The Morgan fingerprint density at radius 3 is 2.25 bits per heavy atom. The van der Waals surface area contributed by atoms with Crippen molar-refractivity contribution >= 4 is 0 Å². The van der Waals surface area contributed by atoms with Crippen LogP contribution in [0, 0.1) is 5.41 Å². The monoisotopic (exact) mass is 285 g/mol. The molecule has 0 saturated heterocycles. The summed E-state index contributed by atoms with van der Waals surface area (Å²) in [6, 6.07) is 0. The largest absolute Gasteiger partial charge is 0.389 e. The van der Waals surface area contributed by atoms with Crippen molar-refractivity contribution in [2.45, 2.75) is 90.9 Å². The molecule has 20 heavy (non-hydrogen) atoms. The number of rotatable bonds is 7. The number of hydrogen-bond acceptors (Lipinski definition) is 3. The van der Waals surface area contributed by atoms with Gasteiger partial charge in [0.2, 0.25) is 0 Å². The highest BCUT2D eigenvalue weighted by Crippen LogP contribution is 2.26. The zero-order valence-corrected chi connectivity index (χ0v) is 14.2. The van der Waals surface area contributed by atoms with Crippen molar-refractivity contribution in [2.24, 2.45) is 5.41 Å². The second-order valence-corrected chi connectivity index (χ2v) is 8.25. The van der Waals surface area contributed by atoms with E-state index < -0.39 is 6.10 Å². The van der Waals surface area contributed by atoms with Gasteiger partial charge >= 0.3 is 0 Å². The Morgan fingerprint density at radius 1 is 1.10 bits per heavy atom. The Labute approximate surface area is 125 Å². The molecule has 0 radical (unpaired) electrons. The van der Waals surface area contributed by atoms with Crippen molar-refractivity contribution < 1.29 is 9.84 Å². The van der Waals surface area contributed by atoms with Gasteiger partial charge in [0.25, 0.3) is 0 Å². The third-order valence-electron chi connectivity index (χ3n) is 3.87. The quantitative estimate of drug-likeness (QED) is 0.752. The fourth-order valence-corrected chi connectivity index (χ4v) is 3.32. The van der Waals surface area contributed by atoms with Crippen molar-refractivity contribution in [3.63, 3.8) is 0 Å². The van der Waals surface area contributed by atoms with Gasteiger partial charge in [-0.05, 0) is 38.5 Å². The van der Waals surface area contributed by atoms with Gasteiger partial charge in [-0.3, -0.25) is 0 Å². The van der Waals surface area contributed by atoms with Gasteiger partial charge in [-0.15, -0.1) is 0 Å². The molecule has 1 rings (SSSR count). The highest BCUT2D eigenvalue weighted by molar-refractivity contribution is 4.84. The summed E-state index contributed by atoms with van der Waals surface area (Å²) < 4.78 is 5.82. The molecule has 0 aromatic rings. The number of hydrogen-bond donors (Lipinski definition) is 2. The smallest absolute Gasteiger partial charge is 0.0898 e. The lowest BCUT2D eigenvalue weighted by Gasteiger charge is -2.34. The summed E-state index contributed by atoms with van der Waals surface area (Å²) in [7, 11) is 0. The third-order valence-corrected chi connectivity index (χ3v) is 3.87. The molecule has 0 aromatic carbocycles. The van der Waals surface area contributed by atoms with Crippen LogP contribution in [-0.2, 0) is 4.74 Å². The van der Waals surface area contributed by atoms with E-state index in [1.807, 2.05) is 0 Å². The lowest BCUT2D eigenvalue weighted by molar-refractivity contribution is -0.0250. The molecule has 1 unspecified atom stereocenters. The van der Waals surface area contributed by atoms with Crippen LogP contribution in [0.15, 0.2) is 0 Å². The number of nitrogens with one attached hydrogen (secondary N) is 1. The third kappa shape index (κ3) is 8.23. The van der Waals surface area contributed by atoms with Gasteiger partial charge < -0.3 is 15.2 Å². The van der Waals surface area contributed by atoms with E-state index in [1.54, 1.807) is 0 Å². The van der Waals surface area contributed by atoms with Crippen molar-refractivity contribution in [3.05, 3.63) is 0 Å². The van der Waals surface area contributed by atoms with Crippen LogP contribution in [0.5, 0.6) is 0 Å². The van der Waals surface area contributed by atoms with Gasteiger partial charge in [-0.25, -0.2) is 0 Å². The van der Waals surface area contributed by atoms with E-state index in [0.717, 1.165) is 19.3 Å². The lowest BCUT2D eigenvalue weighted by atomic mass is 9.82. The maximum absolute atomic E-state index is 10.1. The van der Waals surface area contributed by atoms with E-state index in [4.69, 9.17) is 4.74 Å². The molecule has 1 aliphatic rings. The normalized spacial score (nSPS) is 20.1. The average molecular weight is 285 g/mol. The van der Waals surface area contributed by atoms with E-state index >= 15 is 0 Å². The summed E-state index contributed by atoms with van der Waals surface area (Å²) >= 11 is 0. The van der Waals surface area contributed by atoms with Crippen LogP contribution in [0.25, 0.3) is 0 Å². The van der Waals surface area contributed by atoms with Crippen LogP contribution in [0.4, 0.5) is 0 Å². The average Bonchev–Trinajstić information content (AvgIpc) is 2.32. The number of β-amino-alcohol motifs (C(OH)–C–C–N with tert-alkyl or cyclic N) is 1. The predicted octanol–water partition coefficient (Wildman–Crippen LogP) is 3.50. The summed E-state index contributed by atoms with van der Waals surface area (Å²) in [4.78, 5) is 0. The first kappa shape index (κ1) is 17.9.